The number of nitrogens with zero attached hydrogens (tertiary/aromatic N) is 2. The normalized spacial score (nSPS) is 22.6. The zero-order valence-corrected chi connectivity index (χ0v) is 8.83. The summed E-state index contributed by atoms with van der Waals surface area (Å²) in [7, 11) is 0. The molecule has 0 spiro atoms. The monoisotopic (exact) mass is 213 g/mol. The van der Waals surface area contributed by atoms with Crippen LogP contribution in [-0.4, -0.2) is 28.7 Å². The Morgan fingerprint density at radius 2 is 2.50 bits per heavy atom. The molecule has 0 saturated carbocycles. The molecule has 0 aromatic carbocycles. The summed E-state index contributed by atoms with van der Waals surface area (Å²) < 4.78 is 4.06. The fraction of sp³-hybridized carbons (Fsp3) is 0.667. The van der Waals surface area contributed by atoms with Crippen molar-refractivity contribution in [1.82, 2.24) is 4.37 Å². The van der Waals surface area contributed by atoms with Crippen molar-refractivity contribution in [3.05, 3.63) is 6.07 Å². The zero-order valence-electron chi connectivity index (χ0n) is 8.02. The van der Waals surface area contributed by atoms with Crippen molar-refractivity contribution in [2.45, 2.75) is 25.3 Å². The first-order valence-electron chi connectivity index (χ1n) is 4.91. The van der Waals surface area contributed by atoms with E-state index in [1.54, 1.807) is 0 Å². The van der Waals surface area contributed by atoms with Crippen LogP contribution < -0.4 is 10.6 Å². The van der Waals surface area contributed by atoms with Gasteiger partial charge in [0, 0.05) is 12.6 Å². The molecular weight excluding hydrogens is 198 g/mol. The van der Waals surface area contributed by atoms with Crippen LogP contribution in [0.2, 0.25) is 0 Å². The van der Waals surface area contributed by atoms with Crippen LogP contribution in [0.25, 0.3) is 0 Å². The largest absolute Gasteiger partial charge is 0.394 e. The maximum absolute atomic E-state index is 9.24. The van der Waals surface area contributed by atoms with Crippen molar-refractivity contribution in [1.29, 1.82) is 0 Å². The minimum atomic E-state index is 0.220. The van der Waals surface area contributed by atoms with Gasteiger partial charge in [0.1, 0.15) is 10.8 Å². The van der Waals surface area contributed by atoms with Crippen LogP contribution in [0.5, 0.6) is 0 Å². The summed E-state index contributed by atoms with van der Waals surface area (Å²) in [5.41, 5.74) is 5.58. The molecular formula is C9H15N3OS. The second-order valence-electron chi connectivity index (χ2n) is 3.62. The number of hydrogen-bond acceptors (Lipinski definition) is 5. The molecule has 78 valence electrons. The summed E-state index contributed by atoms with van der Waals surface area (Å²) in [6.07, 6.45) is 3.46. The Labute approximate surface area is 87.5 Å². The molecule has 0 bridgehead atoms. The SMILES string of the molecule is Nc1cc(N2CCCCC2CO)sn1. The van der Waals surface area contributed by atoms with Crippen LogP contribution in [0, 0.1) is 0 Å². The second-order valence-corrected chi connectivity index (χ2v) is 4.40. The van der Waals surface area contributed by atoms with Crippen molar-refractivity contribution in [2.24, 2.45) is 0 Å². The van der Waals surface area contributed by atoms with Gasteiger partial charge < -0.3 is 15.7 Å². The summed E-state index contributed by atoms with van der Waals surface area (Å²) in [5, 5.41) is 10.3. The Balaban J connectivity index is 2.14. The molecule has 1 aromatic rings. The number of nitrogens with two attached hydrogens (primary N) is 1. The molecule has 0 radical (unpaired) electrons. The van der Waals surface area contributed by atoms with Gasteiger partial charge in [-0.15, -0.1) is 0 Å². The quantitative estimate of drug-likeness (QED) is 0.771. The number of aromatic nitrogens is 1. The van der Waals surface area contributed by atoms with Crippen LogP contribution in [-0.2, 0) is 0 Å². The summed E-state index contributed by atoms with van der Waals surface area (Å²) in [5.74, 6) is 0.576. The minimum Gasteiger partial charge on any atom is -0.394 e. The van der Waals surface area contributed by atoms with Crippen LogP contribution in [0.4, 0.5) is 10.8 Å². The molecule has 2 heterocycles. The smallest absolute Gasteiger partial charge is 0.139 e. The predicted molar refractivity (Wildman–Crippen MR) is 58.6 cm³/mol. The Kier molecular flexibility index (Phi) is 2.88. The van der Waals surface area contributed by atoms with Gasteiger partial charge >= 0.3 is 0 Å². The summed E-state index contributed by atoms with van der Waals surface area (Å²) >= 11 is 1.41. The lowest BCUT2D eigenvalue weighted by molar-refractivity contribution is 0.240. The highest BCUT2D eigenvalue weighted by Gasteiger charge is 2.23. The van der Waals surface area contributed by atoms with E-state index in [4.69, 9.17) is 5.73 Å². The van der Waals surface area contributed by atoms with E-state index in [-0.39, 0.29) is 12.6 Å². The summed E-state index contributed by atoms with van der Waals surface area (Å²) in [6, 6.07) is 2.14. The second kappa shape index (κ2) is 4.14. The molecule has 1 saturated heterocycles. The van der Waals surface area contributed by atoms with Crippen molar-refractivity contribution >= 4 is 22.4 Å². The van der Waals surface area contributed by atoms with Crippen LogP contribution in [0.15, 0.2) is 6.07 Å². The molecule has 0 aliphatic carbocycles. The molecule has 1 aliphatic rings. The highest BCUT2D eigenvalue weighted by molar-refractivity contribution is 7.10. The fourth-order valence-corrected chi connectivity index (χ4v) is 2.66. The number of nitrogen functional groups attached to an aromatic ring is 1. The van der Waals surface area contributed by atoms with E-state index >= 15 is 0 Å². The predicted octanol–water partition coefficient (Wildman–Crippen LogP) is 1.08. The number of rotatable bonds is 2. The van der Waals surface area contributed by atoms with Crippen molar-refractivity contribution in [3.63, 3.8) is 0 Å². The van der Waals surface area contributed by atoms with Gasteiger partial charge in [0.2, 0.25) is 0 Å². The Morgan fingerprint density at radius 1 is 1.64 bits per heavy atom. The first kappa shape index (κ1) is 9.73. The van der Waals surface area contributed by atoms with Gasteiger partial charge in [-0.2, -0.15) is 4.37 Å². The van der Waals surface area contributed by atoms with E-state index in [0.29, 0.717) is 5.82 Å². The molecule has 1 aromatic heterocycles. The van der Waals surface area contributed by atoms with Gasteiger partial charge in [0.25, 0.3) is 0 Å². The number of aliphatic hydroxyl groups is 1. The lowest BCUT2D eigenvalue weighted by Gasteiger charge is -2.34. The van der Waals surface area contributed by atoms with E-state index in [1.807, 2.05) is 6.07 Å². The average molecular weight is 213 g/mol. The molecule has 1 atom stereocenters. The van der Waals surface area contributed by atoms with E-state index in [2.05, 4.69) is 9.27 Å². The topological polar surface area (TPSA) is 62.4 Å². The lowest BCUT2D eigenvalue weighted by Crippen LogP contribution is -2.41. The zero-order chi connectivity index (χ0) is 9.97. The van der Waals surface area contributed by atoms with E-state index in [0.717, 1.165) is 18.0 Å². The third kappa shape index (κ3) is 1.83. The highest BCUT2D eigenvalue weighted by atomic mass is 32.1. The molecule has 3 N–H and O–H groups in total. The molecule has 1 aliphatic heterocycles. The number of piperidine rings is 1. The van der Waals surface area contributed by atoms with Crippen molar-refractivity contribution in [2.75, 3.05) is 23.8 Å². The van der Waals surface area contributed by atoms with Crippen LogP contribution >= 0.6 is 11.5 Å². The van der Waals surface area contributed by atoms with Crippen molar-refractivity contribution < 1.29 is 5.11 Å². The van der Waals surface area contributed by atoms with Crippen LogP contribution in [0.1, 0.15) is 19.3 Å². The Morgan fingerprint density at radius 3 is 3.14 bits per heavy atom. The number of hydrogen-bond donors (Lipinski definition) is 2. The van der Waals surface area contributed by atoms with Crippen LogP contribution in [0.3, 0.4) is 0 Å². The van der Waals surface area contributed by atoms with Crippen molar-refractivity contribution in [3.8, 4) is 0 Å². The van der Waals surface area contributed by atoms with E-state index < -0.39 is 0 Å². The van der Waals surface area contributed by atoms with Gasteiger partial charge in [-0.1, -0.05) is 0 Å². The summed E-state index contributed by atoms with van der Waals surface area (Å²) in [4.78, 5) is 2.22. The first-order chi connectivity index (χ1) is 6.81. The molecule has 1 fully saturated rings. The van der Waals surface area contributed by atoms with Gasteiger partial charge in [-0.3, -0.25) is 0 Å². The maximum Gasteiger partial charge on any atom is 0.139 e. The van der Waals surface area contributed by atoms with E-state index in [9.17, 15) is 5.11 Å². The molecule has 1 unspecified atom stereocenters. The van der Waals surface area contributed by atoms with Gasteiger partial charge in [0.15, 0.2) is 0 Å². The average Bonchev–Trinajstić information content (AvgIpc) is 2.65. The van der Waals surface area contributed by atoms with E-state index in [1.165, 1.54) is 24.4 Å². The summed E-state index contributed by atoms with van der Waals surface area (Å²) in [6.45, 7) is 1.23. The molecule has 4 nitrogen and oxygen atoms in total. The Bertz CT molecular complexity index is 302. The number of anilines is 2. The Hall–Kier alpha value is -0.810. The van der Waals surface area contributed by atoms with Gasteiger partial charge in [-0.05, 0) is 30.8 Å². The van der Waals surface area contributed by atoms with Gasteiger partial charge in [0.05, 0.1) is 12.6 Å². The molecule has 2 rings (SSSR count). The first-order valence-corrected chi connectivity index (χ1v) is 5.68. The lowest BCUT2D eigenvalue weighted by atomic mass is 10.0. The third-order valence-corrected chi connectivity index (χ3v) is 3.48. The molecule has 14 heavy (non-hydrogen) atoms. The maximum atomic E-state index is 9.24. The fourth-order valence-electron chi connectivity index (χ4n) is 1.89. The minimum absolute atomic E-state index is 0.220. The van der Waals surface area contributed by atoms with Gasteiger partial charge in [-0.25, -0.2) is 0 Å². The third-order valence-electron chi connectivity index (χ3n) is 2.64. The standard InChI is InChI=1S/C9H15N3OS/c10-8-5-9(14-11-8)12-4-2-1-3-7(12)6-13/h5,7,13H,1-4,6H2,(H2,10,11). The number of aliphatic hydroxyl groups excluding tert-OH is 1. The highest BCUT2D eigenvalue weighted by Crippen LogP contribution is 2.29. The molecule has 0 amide bonds. The molecule has 5 heteroatoms.